The average Bonchev–Trinajstić information content (AvgIpc) is 3.36. The second-order valence-electron chi connectivity index (χ2n) is 14.4. The quantitative estimate of drug-likeness (QED) is 0.146. The Morgan fingerprint density at radius 1 is 0.981 bits per heavy atom. The Hall–Kier alpha value is -4.08. The van der Waals surface area contributed by atoms with Crippen molar-refractivity contribution in [3.63, 3.8) is 0 Å². The Bertz CT molecular complexity index is 1850. The number of nitrogens with one attached hydrogen (secondary N) is 1. The van der Waals surface area contributed by atoms with E-state index >= 15 is 0 Å². The number of hydrogen-bond donors (Lipinski definition) is 2. The molecule has 16 nitrogen and oxygen atoms in total. The topological polar surface area (TPSA) is 195 Å². The van der Waals surface area contributed by atoms with Crippen LogP contribution in [0.1, 0.15) is 66.2 Å². The van der Waals surface area contributed by atoms with E-state index in [4.69, 9.17) is 33.7 Å². The minimum Gasteiger partial charge on any atom is -0.461 e. The number of para-hydroxylation sites is 1. The fourth-order valence-electron chi connectivity index (χ4n) is 6.67. The van der Waals surface area contributed by atoms with Gasteiger partial charge in [-0.1, -0.05) is 45.9 Å². The van der Waals surface area contributed by atoms with E-state index in [1.807, 2.05) is 7.05 Å². The second kappa shape index (κ2) is 14.4. The van der Waals surface area contributed by atoms with Gasteiger partial charge in [0.2, 0.25) is 5.60 Å². The maximum Gasteiger partial charge on any atom is 0.459 e. The number of carbonyl (C=O) groups excluding carboxylic acids is 3. The summed E-state index contributed by atoms with van der Waals surface area (Å²) in [5, 5.41) is 7.08. The number of ether oxygens (including phenoxy) is 4. The molecule has 282 valence electrons. The van der Waals surface area contributed by atoms with Gasteiger partial charge in [0.05, 0.1) is 17.5 Å². The molecule has 4 heterocycles. The van der Waals surface area contributed by atoms with Gasteiger partial charge in [-0.3, -0.25) is 18.9 Å². The van der Waals surface area contributed by atoms with Crippen molar-refractivity contribution in [3.8, 4) is 5.75 Å². The second-order valence-corrected chi connectivity index (χ2v) is 16.1. The number of piperidine rings is 1. The van der Waals surface area contributed by atoms with Crippen LogP contribution in [0.5, 0.6) is 5.75 Å². The lowest BCUT2D eigenvalue weighted by Crippen LogP contribution is -2.45. The van der Waals surface area contributed by atoms with E-state index in [-0.39, 0.29) is 17.7 Å². The summed E-state index contributed by atoms with van der Waals surface area (Å²) in [6, 6.07) is 10.5. The highest BCUT2D eigenvalue weighted by Crippen LogP contribution is 2.71. The van der Waals surface area contributed by atoms with Gasteiger partial charge in [0.25, 0.3) is 0 Å². The molecule has 1 aromatic carbocycles. The van der Waals surface area contributed by atoms with E-state index in [2.05, 4.69) is 20.1 Å². The number of rotatable bonds is 13. The zero-order valence-electron chi connectivity index (χ0n) is 30.4. The van der Waals surface area contributed by atoms with Crippen molar-refractivity contribution in [1.29, 1.82) is 0 Å². The number of aromatic nitrogens is 3. The molecule has 0 amide bonds. The van der Waals surface area contributed by atoms with Gasteiger partial charge < -0.3 is 34.1 Å². The average molecular weight is 743 g/mol. The molecule has 3 N–H and O–H groups in total. The van der Waals surface area contributed by atoms with E-state index in [0.717, 1.165) is 13.1 Å². The summed E-state index contributed by atoms with van der Waals surface area (Å²) in [7, 11) is -2.53. The van der Waals surface area contributed by atoms with Gasteiger partial charge in [-0.15, -0.1) is 0 Å². The van der Waals surface area contributed by atoms with Gasteiger partial charge in [0.1, 0.15) is 47.5 Å². The number of carbonyl (C=O) groups is 3. The predicted molar refractivity (Wildman–Crippen MR) is 187 cm³/mol. The highest BCUT2D eigenvalue weighted by Gasteiger charge is 2.91. The number of nitrogens with two attached hydrogens (primary N) is 1. The van der Waals surface area contributed by atoms with Crippen molar-refractivity contribution < 1.29 is 46.9 Å². The monoisotopic (exact) mass is 742 g/mol. The summed E-state index contributed by atoms with van der Waals surface area (Å²) in [5.41, 5.74) is 3.67. The van der Waals surface area contributed by atoms with Crippen LogP contribution in [0.3, 0.4) is 0 Å². The molecule has 1 saturated carbocycles. The molecule has 52 heavy (non-hydrogen) atoms. The van der Waals surface area contributed by atoms with Gasteiger partial charge in [0.15, 0.2) is 11.9 Å². The summed E-state index contributed by atoms with van der Waals surface area (Å²) in [4.78, 5) is 46.3. The SMILES string of the molecule is CC(C)C(=O)O[C@H]1[C@H](c2ccc3c(N)ncnn23)O[C@]2(C)C(OP(=O)(N[C@@H](C)C(=O)OC3CCN(C)CC3)Oc3ccccc3)[C@]12OC(=O)C(C)C. The molecular formula is C35H47N6O10P. The molecule has 2 aromatic heterocycles. The van der Waals surface area contributed by atoms with Crippen LogP contribution in [0.4, 0.5) is 5.82 Å². The van der Waals surface area contributed by atoms with Crippen LogP contribution in [0.25, 0.3) is 5.52 Å². The minimum absolute atomic E-state index is 0.178. The van der Waals surface area contributed by atoms with E-state index in [0.29, 0.717) is 24.1 Å². The number of fused-ring (bicyclic) bond motifs is 2. The van der Waals surface area contributed by atoms with Crippen molar-refractivity contribution in [2.24, 2.45) is 11.8 Å². The third-order valence-corrected chi connectivity index (χ3v) is 11.4. The first kappa shape index (κ1) is 37.7. The van der Waals surface area contributed by atoms with Crippen LogP contribution in [0, 0.1) is 11.8 Å². The van der Waals surface area contributed by atoms with Crippen LogP contribution >= 0.6 is 7.75 Å². The highest BCUT2D eigenvalue weighted by atomic mass is 31.2. The fraction of sp³-hybridized carbons (Fsp3) is 0.571. The maximum atomic E-state index is 14.9. The number of benzene rings is 1. The largest absolute Gasteiger partial charge is 0.461 e. The maximum absolute atomic E-state index is 14.9. The van der Waals surface area contributed by atoms with Crippen molar-refractivity contribution >= 4 is 37.0 Å². The van der Waals surface area contributed by atoms with Gasteiger partial charge in [0, 0.05) is 13.1 Å². The Morgan fingerprint density at radius 2 is 1.65 bits per heavy atom. The molecule has 3 aliphatic rings. The molecule has 3 fully saturated rings. The molecule has 0 bridgehead atoms. The smallest absolute Gasteiger partial charge is 0.459 e. The van der Waals surface area contributed by atoms with Crippen LogP contribution in [-0.4, -0.2) is 93.1 Å². The lowest BCUT2D eigenvalue weighted by Gasteiger charge is -2.31. The summed E-state index contributed by atoms with van der Waals surface area (Å²) in [5.74, 6) is -2.67. The molecule has 17 heteroatoms. The first-order valence-corrected chi connectivity index (χ1v) is 19.0. The molecular weight excluding hydrogens is 695 g/mol. The Labute approximate surface area is 302 Å². The number of nitrogens with zero attached hydrogens (tertiary/aromatic N) is 4. The Kier molecular flexibility index (Phi) is 10.4. The first-order chi connectivity index (χ1) is 24.6. The van der Waals surface area contributed by atoms with Crippen molar-refractivity contribution in [1.82, 2.24) is 24.6 Å². The summed E-state index contributed by atoms with van der Waals surface area (Å²) in [6.45, 7) is 11.3. The lowest BCUT2D eigenvalue weighted by molar-refractivity contribution is -0.181. The van der Waals surface area contributed by atoms with Crippen molar-refractivity contribution in [2.75, 3.05) is 25.9 Å². The lowest BCUT2D eigenvalue weighted by atomic mass is 10.0. The van der Waals surface area contributed by atoms with Crippen molar-refractivity contribution in [3.05, 3.63) is 54.5 Å². The van der Waals surface area contributed by atoms with Gasteiger partial charge >= 0.3 is 25.7 Å². The summed E-state index contributed by atoms with van der Waals surface area (Å²) >= 11 is 0. The minimum atomic E-state index is -4.53. The molecule has 2 unspecified atom stereocenters. The number of hydrogen-bond acceptors (Lipinski definition) is 14. The van der Waals surface area contributed by atoms with Crippen molar-refractivity contribution in [2.45, 2.75) is 96.0 Å². The van der Waals surface area contributed by atoms with Crippen LogP contribution in [0.15, 0.2) is 48.8 Å². The zero-order chi connectivity index (χ0) is 37.6. The summed E-state index contributed by atoms with van der Waals surface area (Å²) in [6.07, 6.45) is -1.36. The van der Waals surface area contributed by atoms with E-state index in [1.54, 1.807) is 77.1 Å². The fourth-order valence-corrected chi connectivity index (χ4v) is 8.44. The van der Waals surface area contributed by atoms with Gasteiger partial charge in [-0.05, 0) is 58.0 Å². The molecule has 6 rings (SSSR count). The van der Waals surface area contributed by atoms with E-state index < -0.39 is 73.0 Å². The van der Waals surface area contributed by atoms with Crippen LogP contribution in [0.2, 0.25) is 0 Å². The van der Waals surface area contributed by atoms with Gasteiger partial charge in [-0.25, -0.2) is 14.1 Å². The van der Waals surface area contributed by atoms with E-state index in [9.17, 15) is 18.9 Å². The number of anilines is 1. The predicted octanol–water partition coefficient (Wildman–Crippen LogP) is 3.85. The normalized spacial score (nSPS) is 27.9. The molecule has 2 aliphatic heterocycles. The molecule has 2 saturated heterocycles. The number of esters is 3. The molecule has 0 radical (unpaired) electrons. The highest BCUT2D eigenvalue weighted by molar-refractivity contribution is 7.52. The van der Waals surface area contributed by atoms with Crippen LogP contribution < -0.4 is 15.3 Å². The number of nitrogen functional groups attached to an aromatic ring is 1. The Morgan fingerprint density at radius 3 is 2.31 bits per heavy atom. The summed E-state index contributed by atoms with van der Waals surface area (Å²) < 4.78 is 53.5. The molecule has 0 spiro atoms. The zero-order valence-corrected chi connectivity index (χ0v) is 31.3. The number of likely N-dealkylation sites (tertiary alicyclic amines) is 1. The molecule has 7 atom stereocenters. The first-order valence-electron chi connectivity index (χ1n) is 17.5. The molecule has 1 aliphatic carbocycles. The van der Waals surface area contributed by atoms with Crippen LogP contribution in [-0.2, 0) is 42.4 Å². The third kappa shape index (κ3) is 7.02. The standard InChI is InChI=1S/C35H47N6O10P/c1-20(2)30(42)47-28-27(25-13-14-26-29(36)37-19-38-41(25)26)48-34(6)33(35(28,34)49-31(43)21(3)4)51-52(45,50-24-11-9-8-10-12-24)39-22(5)32(44)46-23-15-17-40(7)18-16-23/h8-14,19-23,27-28,33H,15-18H2,1-7H3,(H,39,45)(H2,36,37,38)/t22-,27-,28-,33?,34+,35+,52?/m0/s1. The molecule has 3 aromatic rings. The van der Waals surface area contributed by atoms with E-state index in [1.165, 1.54) is 17.8 Å². The third-order valence-electron chi connectivity index (χ3n) is 9.78. The Balaban J connectivity index is 1.36. The van der Waals surface area contributed by atoms with Gasteiger partial charge in [-0.2, -0.15) is 10.2 Å².